The first-order chi connectivity index (χ1) is 6.70. The lowest BCUT2D eigenvalue weighted by Gasteiger charge is -2.48. The zero-order chi connectivity index (χ0) is 10.1. The fourth-order valence-electron chi connectivity index (χ4n) is 2.77. The lowest BCUT2D eigenvalue weighted by molar-refractivity contribution is -0.0481. The molecule has 0 aromatic rings. The zero-order valence-corrected chi connectivity index (χ0v) is 9.28. The molecule has 14 heavy (non-hydrogen) atoms. The molecule has 1 aliphatic carbocycles. The van der Waals surface area contributed by atoms with Crippen molar-refractivity contribution >= 4 is 0 Å². The number of nitrogens with zero attached hydrogens (tertiary/aromatic N) is 1. The Morgan fingerprint density at radius 3 is 2.57 bits per heavy atom. The van der Waals surface area contributed by atoms with Gasteiger partial charge in [-0.1, -0.05) is 0 Å². The maximum Gasteiger partial charge on any atom is 0.0601 e. The molecule has 1 saturated heterocycles. The molecule has 0 aromatic heterocycles. The summed E-state index contributed by atoms with van der Waals surface area (Å²) in [7, 11) is 1.82. The van der Waals surface area contributed by atoms with E-state index in [0.29, 0.717) is 18.2 Å². The van der Waals surface area contributed by atoms with Crippen LogP contribution in [0.3, 0.4) is 0 Å². The number of ether oxygens (including phenoxy) is 1. The van der Waals surface area contributed by atoms with E-state index in [9.17, 15) is 0 Å². The van der Waals surface area contributed by atoms with Crippen LogP contribution in [-0.4, -0.2) is 42.8 Å². The van der Waals surface area contributed by atoms with Crippen molar-refractivity contribution in [2.45, 2.75) is 56.8 Å². The molecule has 0 radical (unpaired) electrons. The third-order valence-corrected chi connectivity index (χ3v) is 3.84. The Bertz CT molecular complexity index is 192. The lowest BCUT2D eigenvalue weighted by Crippen LogP contribution is -2.55. The number of hydrogen-bond donors (Lipinski definition) is 1. The first kappa shape index (κ1) is 10.4. The Labute approximate surface area is 86.6 Å². The van der Waals surface area contributed by atoms with E-state index in [4.69, 9.17) is 10.5 Å². The molecule has 1 aliphatic heterocycles. The van der Waals surface area contributed by atoms with E-state index in [1.54, 1.807) is 0 Å². The molecule has 2 rings (SSSR count). The average Bonchev–Trinajstić information content (AvgIpc) is 2.06. The van der Waals surface area contributed by atoms with Crippen LogP contribution in [0.1, 0.15) is 32.6 Å². The van der Waals surface area contributed by atoms with E-state index in [1.807, 2.05) is 7.11 Å². The highest BCUT2D eigenvalue weighted by atomic mass is 16.5. The van der Waals surface area contributed by atoms with Gasteiger partial charge in [-0.25, -0.2) is 0 Å². The normalized spacial score (nSPS) is 44.8. The molecular formula is C11H22N2O. The van der Waals surface area contributed by atoms with E-state index in [0.717, 1.165) is 12.5 Å². The fourth-order valence-corrected chi connectivity index (χ4v) is 2.77. The van der Waals surface area contributed by atoms with Gasteiger partial charge in [0.15, 0.2) is 0 Å². The molecule has 2 fully saturated rings. The van der Waals surface area contributed by atoms with Crippen molar-refractivity contribution in [2.24, 2.45) is 5.73 Å². The number of piperidine rings is 1. The van der Waals surface area contributed by atoms with Gasteiger partial charge in [0.2, 0.25) is 0 Å². The Morgan fingerprint density at radius 1 is 1.29 bits per heavy atom. The van der Waals surface area contributed by atoms with Gasteiger partial charge < -0.3 is 10.5 Å². The van der Waals surface area contributed by atoms with Gasteiger partial charge in [0, 0.05) is 31.8 Å². The third kappa shape index (κ3) is 1.95. The Kier molecular flexibility index (Phi) is 3.10. The number of rotatable bonds is 2. The molecule has 2 aliphatic rings. The second-order valence-electron chi connectivity index (χ2n) is 4.85. The summed E-state index contributed by atoms with van der Waals surface area (Å²) in [5.41, 5.74) is 5.95. The molecule has 0 aromatic carbocycles. The molecule has 0 spiro atoms. The largest absolute Gasteiger partial charge is 0.381 e. The van der Waals surface area contributed by atoms with Crippen LogP contribution in [0.25, 0.3) is 0 Å². The van der Waals surface area contributed by atoms with E-state index in [-0.39, 0.29) is 0 Å². The molecule has 2 unspecified atom stereocenters. The molecule has 82 valence electrons. The predicted molar refractivity (Wildman–Crippen MR) is 57.2 cm³/mol. The van der Waals surface area contributed by atoms with Crippen molar-refractivity contribution in [2.75, 3.05) is 13.7 Å². The second-order valence-corrected chi connectivity index (χ2v) is 4.85. The van der Waals surface area contributed by atoms with Gasteiger partial charge >= 0.3 is 0 Å². The Hall–Kier alpha value is -0.120. The van der Waals surface area contributed by atoms with Gasteiger partial charge in [0.05, 0.1) is 6.10 Å². The van der Waals surface area contributed by atoms with Crippen LogP contribution in [-0.2, 0) is 4.74 Å². The fraction of sp³-hybridized carbons (Fsp3) is 1.00. The zero-order valence-electron chi connectivity index (χ0n) is 9.28. The molecule has 1 heterocycles. The summed E-state index contributed by atoms with van der Waals surface area (Å²) in [4.78, 5) is 2.62. The number of nitrogens with two attached hydrogens (primary N) is 1. The van der Waals surface area contributed by atoms with Crippen molar-refractivity contribution < 1.29 is 4.74 Å². The Balaban J connectivity index is 1.81. The number of likely N-dealkylation sites (tertiary alicyclic amines) is 1. The molecule has 0 amide bonds. The average molecular weight is 198 g/mol. The van der Waals surface area contributed by atoms with Crippen molar-refractivity contribution in [3.05, 3.63) is 0 Å². The number of hydrogen-bond acceptors (Lipinski definition) is 3. The molecular weight excluding hydrogens is 176 g/mol. The lowest BCUT2D eigenvalue weighted by atomic mass is 9.84. The summed E-state index contributed by atoms with van der Waals surface area (Å²) in [5.74, 6) is 0. The molecule has 2 atom stereocenters. The standard InChI is InChI=1S/C11H22N2O/c1-8-5-9(12)3-4-13(8)10-6-11(7-10)14-2/h8-11H,3-7,12H2,1-2H3. The predicted octanol–water partition coefficient (Wildman–Crippen LogP) is 0.975. The molecule has 2 N–H and O–H groups in total. The highest BCUT2D eigenvalue weighted by Crippen LogP contribution is 2.32. The summed E-state index contributed by atoms with van der Waals surface area (Å²) in [6.07, 6.45) is 5.28. The molecule has 3 heteroatoms. The molecule has 1 saturated carbocycles. The van der Waals surface area contributed by atoms with Crippen molar-refractivity contribution in [1.82, 2.24) is 4.90 Å². The summed E-state index contributed by atoms with van der Waals surface area (Å²) in [6.45, 7) is 3.49. The second kappa shape index (κ2) is 4.17. The van der Waals surface area contributed by atoms with E-state index in [2.05, 4.69) is 11.8 Å². The van der Waals surface area contributed by atoms with E-state index >= 15 is 0 Å². The van der Waals surface area contributed by atoms with Gasteiger partial charge in [0.25, 0.3) is 0 Å². The molecule has 0 bridgehead atoms. The van der Waals surface area contributed by atoms with Gasteiger partial charge in [-0.2, -0.15) is 0 Å². The first-order valence-corrected chi connectivity index (χ1v) is 5.74. The summed E-state index contributed by atoms with van der Waals surface area (Å²) < 4.78 is 5.31. The van der Waals surface area contributed by atoms with Crippen LogP contribution in [0.2, 0.25) is 0 Å². The quantitative estimate of drug-likeness (QED) is 0.718. The van der Waals surface area contributed by atoms with Gasteiger partial charge in [-0.3, -0.25) is 4.90 Å². The number of methoxy groups -OCH3 is 1. The minimum atomic E-state index is 0.430. The minimum absolute atomic E-state index is 0.430. The highest BCUT2D eigenvalue weighted by molar-refractivity contribution is 4.93. The van der Waals surface area contributed by atoms with Gasteiger partial charge in [-0.15, -0.1) is 0 Å². The maximum absolute atomic E-state index is 5.95. The van der Waals surface area contributed by atoms with Crippen LogP contribution >= 0.6 is 0 Å². The monoisotopic (exact) mass is 198 g/mol. The van der Waals surface area contributed by atoms with Crippen LogP contribution in [0, 0.1) is 0 Å². The van der Waals surface area contributed by atoms with Crippen LogP contribution in [0.4, 0.5) is 0 Å². The van der Waals surface area contributed by atoms with Crippen molar-refractivity contribution in [3.8, 4) is 0 Å². The van der Waals surface area contributed by atoms with Crippen LogP contribution < -0.4 is 5.73 Å². The van der Waals surface area contributed by atoms with Gasteiger partial charge in [-0.05, 0) is 32.6 Å². The Morgan fingerprint density at radius 2 is 2.00 bits per heavy atom. The topological polar surface area (TPSA) is 38.5 Å². The summed E-state index contributed by atoms with van der Waals surface area (Å²) in [6, 6.07) is 1.86. The van der Waals surface area contributed by atoms with Gasteiger partial charge in [0.1, 0.15) is 0 Å². The minimum Gasteiger partial charge on any atom is -0.381 e. The SMILES string of the molecule is COC1CC(N2CCC(N)CC2C)C1. The van der Waals surface area contributed by atoms with Crippen LogP contribution in [0.15, 0.2) is 0 Å². The summed E-state index contributed by atoms with van der Waals surface area (Å²) in [5, 5.41) is 0. The van der Waals surface area contributed by atoms with E-state index < -0.39 is 0 Å². The van der Waals surface area contributed by atoms with E-state index in [1.165, 1.54) is 25.8 Å². The van der Waals surface area contributed by atoms with Crippen molar-refractivity contribution in [1.29, 1.82) is 0 Å². The summed E-state index contributed by atoms with van der Waals surface area (Å²) >= 11 is 0. The molecule has 3 nitrogen and oxygen atoms in total. The maximum atomic E-state index is 5.95. The highest BCUT2D eigenvalue weighted by Gasteiger charge is 2.37. The third-order valence-electron chi connectivity index (χ3n) is 3.84. The van der Waals surface area contributed by atoms with Crippen molar-refractivity contribution in [3.63, 3.8) is 0 Å². The smallest absolute Gasteiger partial charge is 0.0601 e. The van der Waals surface area contributed by atoms with Crippen LogP contribution in [0.5, 0.6) is 0 Å². The first-order valence-electron chi connectivity index (χ1n) is 5.74.